The van der Waals surface area contributed by atoms with Crippen LogP contribution in [-0.2, 0) is 20.1 Å². The monoisotopic (exact) mass is 1030 g/mol. The van der Waals surface area contributed by atoms with Crippen molar-refractivity contribution in [3.8, 4) is 39.5 Å². The summed E-state index contributed by atoms with van der Waals surface area (Å²) in [6, 6.07) is 60.0. The van der Waals surface area contributed by atoms with E-state index in [-0.39, 0.29) is 43.1 Å². The molecule has 0 spiro atoms. The average Bonchev–Trinajstić information content (AvgIpc) is 3.92. The fourth-order valence-corrected chi connectivity index (χ4v) is 10.9. The molecule has 0 saturated carbocycles. The molecular weight excluding hydrogens is 975 g/mol. The van der Waals surface area contributed by atoms with Gasteiger partial charge in [0.05, 0.1) is 22.4 Å². The Balaban J connectivity index is 0.000000264. The van der Waals surface area contributed by atoms with Gasteiger partial charge in [-0.05, 0) is 82.5 Å². The molecule has 0 saturated heterocycles. The number of rotatable bonds is 8. The van der Waals surface area contributed by atoms with Gasteiger partial charge >= 0.3 is 0 Å². The van der Waals surface area contributed by atoms with E-state index in [4.69, 9.17) is 17.6 Å². The number of hydrogen-bond acceptors (Lipinski definition) is 3. The van der Waals surface area contributed by atoms with Gasteiger partial charge in [-0.15, -0.1) is 53.6 Å². The maximum Gasteiger partial charge on any atom is 0.120 e. The summed E-state index contributed by atoms with van der Waals surface area (Å²) in [4.78, 5) is 9.37. The normalized spacial score (nSPS) is 13.4. The Kier molecular flexibility index (Phi) is 10.8. The molecule has 64 heavy (non-hydrogen) atoms. The molecule has 0 bridgehead atoms. The van der Waals surface area contributed by atoms with Gasteiger partial charge in [-0.3, -0.25) is 4.98 Å². The Bertz CT molecular complexity index is 3350. The van der Waals surface area contributed by atoms with Gasteiger partial charge in [-0.25, -0.2) is 0 Å². The van der Waals surface area contributed by atoms with Crippen molar-refractivity contribution in [1.29, 1.82) is 0 Å². The molecule has 0 unspecified atom stereocenters. The van der Waals surface area contributed by atoms with E-state index >= 15 is 0 Å². The molecule has 1 radical (unpaired) electrons. The van der Waals surface area contributed by atoms with E-state index in [1.165, 1.54) is 62.7 Å². The molecule has 6 heteroatoms. The van der Waals surface area contributed by atoms with Crippen LogP contribution in [0, 0.1) is 25.8 Å². The predicted octanol–water partition coefficient (Wildman–Crippen LogP) is 14.3. The molecule has 0 aliphatic rings. The maximum absolute atomic E-state index is 7.28. The largest absolute Gasteiger partial charge is 0.501 e. The minimum Gasteiger partial charge on any atom is -0.501 e. The van der Waals surface area contributed by atoms with Crippen molar-refractivity contribution in [2.24, 2.45) is 0 Å². The quantitative estimate of drug-likeness (QED) is 0.113. The molecule has 7 aromatic carbocycles. The molecule has 10 aromatic rings. The van der Waals surface area contributed by atoms with Crippen LogP contribution in [0.1, 0.15) is 70.0 Å². The molecule has 321 valence electrons. The predicted molar refractivity (Wildman–Crippen MR) is 267 cm³/mol. The third kappa shape index (κ3) is 8.58. The zero-order valence-corrected chi connectivity index (χ0v) is 40.2. The van der Waals surface area contributed by atoms with Crippen molar-refractivity contribution in [3.63, 3.8) is 0 Å². The Morgan fingerprint density at radius 1 is 0.656 bits per heavy atom. The van der Waals surface area contributed by atoms with Gasteiger partial charge in [-0.2, -0.15) is 0 Å². The van der Waals surface area contributed by atoms with Crippen LogP contribution in [0.2, 0.25) is 13.1 Å². The number of nitrogens with zero attached hydrogens (tertiary/aromatic N) is 3. The SMILES string of the molecule is CC(C)c1cc(-c2ccc([Si](C)(C)c3ccccc3)cc2)cc(C(C)C)c1-n1c(-c2[c-]ccc3c2oc2ccccc23)nc2ccccc21.[2H]C([2H])([2H])c1c[c-]c(-c2ccc(C([2H])([2H])[2H])cn2)cc1.[Ir]. The van der Waals surface area contributed by atoms with E-state index in [1.54, 1.807) is 12.1 Å². The molecule has 10 rings (SSSR count). The molecule has 0 N–H and O–H groups in total. The smallest absolute Gasteiger partial charge is 0.120 e. The number of fused-ring (bicyclic) bond motifs is 4. The Morgan fingerprint density at radius 3 is 2.00 bits per heavy atom. The van der Waals surface area contributed by atoms with E-state index in [1.807, 2.05) is 18.2 Å². The standard InChI is InChI=1S/C45H41N2OSi.C13H12N.Ir/c1-29(2)38-27-32(31-23-25-34(26-24-31)49(5,6)33-15-8-7-9-16-33)28-39(30(3)4)43(38)47-41-21-12-11-20-40(41)46-45(47)37-19-14-18-36-35-17-10-13-22-42(35)48-44(36)37;1-10-3-6-12(7-4-10)13-8-5-11(2)9-14-13;/h7-18,20-30H,1-6H3;3-6,8-9H,1-2H3;/q2*-1;/i;1D3,2D3;. The number of aromatic nitrogens is 3. The van der Waals surface area contributed by atoms with E-state index in [2.05, 4.69) is 172 Å². The van der Waals surface area contributed by atoms with Gasteiger partial charge < -0.3 is 14.0 Å². The van der Waals surface area contributed by atoms with Gasteiger partial charge in [0.15, 0.2) is 0 Å². The topological polar surface area (TPSA) is 43.9 Å². The van der Waals surface area contributed by atoms with Crippen molar-refractivity contribution >= 4 is 51.4 Å². The first-order valence-electron chi connectivity index (χ1n) is 24.5. The number of para-hydroxylation sites is 3. The zero-order valence-electron chi connectivity index (χ0n) is 42.8. The molecule has 0 aliphatic heterocycles. The van der Waals surface area contributed by atoms with Gasteiger partial charge in [0, 0.05) is 45.6 Å². The summed E-state index contributed by atoms with van der Waals surface area (Å²) >= 11 is 0. The van der Waals surface area contributed by atoms with Crippen molar-refractivity contribution in [2.75, 3.05) is 0 Å². The maximum atomic E-state index is 7.28. The van der Waals surface area contributed by atoms with E-state index in [0.717, 1.165) is 44.4 Å². The first-order valence-corrected chi connectivity index (χ1v) is 24.5. The molecule has 4 nitrogen and oxygen atoms in total. The number of hydrogen-bond donors (Lipinski definition) is 0. The molecule has 0 atom stereocenters. The van der Waals surface area contributed by atoms with Gasteiger partial charge in [0.25, 0.3) is 0 Å². The first-order chi connectivity index (χ1) is 32.9. The zero-order chi connectivity index (χ0) is 48.8. The summed E-state index contributed by atoms with van der Waals surface area (Å²) < 4.78 is 52.6. The summed E-state index contributed by atoms with van der Waals surface area (Å²) in [5.74, 6) is 1.40. The number of furan rings is 1. The van der Waals surface area contributed by atoms with E-state index in [0.29, 0.717) is 11.3 Å². The third-order valence-corrected chi connectivity index (χ3v) is 15.6. The fraction of sp³-hybridized carbons (Fsp3) is 0.172. The number of benzene rings is 7. The van der Waals surface area contributed by atoms with Crippen molar-refractivity contribution in [3.05, 3.63) is 198 Å². The number of aryl methyl sites for hydroxylation is 2. The second kappa shape index (κ2) is 18.5. The van der Waals surface area contributed by atoms with Crippen LogP contribution in [0.3, 0.4) is 0 Å². The van der Waals surface area contributed by atoms with Crippen LogP contribution in [0.4, 0.5) is 0 Å². The second-order valence-electron chi connectivity index (χ2n) is 17.3. The average molecular weight is 1030 g/mol. The summed E-state index contributed by atoms with van der Waals surface area (Å²) in [6.45, 7) is 9.74. The summed E-state index contributed by atoms with van der Waals surface area (Å²) in [6.07, 6.45) is 1.30. The molecular formula is C58H53IrN3OSi-2. The van der Waals surface area contributed by atoms with Crippen molar-refractivity contribution < 1.29 is 32.7 Å². The second-order valence-corrected chi connectivity index (χ2v) is 21.7. The minimum absolute atomic E-state index is 0. The van der Waals surface area contributed by atoms with Crippen LogP contribution >= 0.6 is 0 Å². The molecule has 0 aliphatic carbocycles. The van der Waals surface area contributed by atoms with Gasteiger partial charge in [-0.1, -0.05) is 166 Å². The Morgan fingerprint density at radius 2 is 1.33 bits per heavy atom. The third-order valence-electron chi connectivity index (χ3n) is 12.0. The fourth-order valence-electron chi connectivity index (χ4n) is 8.50. The van der Waals surface area contributed by atoms with Crippen LogP contribution in [0.15, 0.2) is 168 Å². The Hall–Kier alpha value is -6.17. The van der Waals surface area contributed by atoms with Crippen LogP contribution < -0.4 is 10.4 Å². The van der Waals surface area contributed by atoms with Gasteiger partial charge in [0.2, 0.25) is 0 Å². The van der Waals surface area contributed by atoms with Crippen molar-refractivity contribution in [2.45, 2.75) is 66.3 Å². The van der Waals surface area contributed by atoms with Crippen LogP contribution in [-0.4, -0.2) is 22.6 Å². The van der Waals surface area contributed by atoms with Crippen molar-refractivity contribution in [1.82, 2.24) is 14.5 Å². The first kappa shape index (κ1) is 37.2. The Labute approximate surface area is 400 Å². The summed E-state index contributed by atoms with van der Waals surface area (Å²) in [5.41, 5.74) is 12.4. The summed E-state index contributed by atoms with van der Waals surface area (Å²) in [5, 5.41) is 5.08. The van der Waals surface area contributed by atoms with Gasteiger partial charge in [0.1, 0.15) is 13.7 Å². The molecule has 0 amide bonds. The number of imidazole rings is 1. The number of pyridine rings is 1. The van der Waals surface area contributed by atoms with Crippen LogP contribution in [0.5, 0.6) is 0 Å². The molecule has 0 fully saturated rings. The molecule has 3 aromatic heterocycles. The van der Waals surface area contributed by atoms with E-state index in [9.17, 15) is 0 Å². The molecule has 3 heterocycles. The van der Waals surface area contributed by atoms with E-state index < -0.39 is 21.8 Å². The summed E-state index contributed by atoms with van der Waals surface area (Å²) in [7, 11) is -1.80. The minimum atomic E-state index is -2.18. The van der Waals surface area contributed by atoms with Crippen LogP contribution in [0.25, 0.3) is 72.4 Å².